The van der Waals surface area contributed by atoms with Crippen LogP contribution < -0.4 is 10.6 Å². The van der Waals surface area contributed by atoms with Gasteiger partial charge in [-0.3, -0.25) is 9.69 Å². The van der Waals surface area contributed by atoms with Gasteiger partial charge in [0.2, 0.25) is 0 Å². The molecule has 1 atom stereocenters. The summed E-state index contributed by atoms with van der Waals surface area (Å²) >= 11 is 5.95. The van der Waals surface area contributed by atoms with Gasteiger partial charge in [-0.25, -0.2) is 4.79 Å². The van der Waals surface area contributed by atoms with E-state index in [2.05, 4.69) is 45.9 Å². The lowest BCUT2D eigenvalue weighted by atomic mass is 9.85. The van der Waals surface area contributed by atoms with Gasteiger partial charge in [0.15, 0.2) is 0 Å². The Morgan fingerprint density at radius 3 is 2.22 bits per heavy atom. The number of hydrogen-bond acceptors (Lipinski definition) is 5. The molecule has 1 saturated carbocycles. The van der Waals surface area contributed by atoms with Crippen molar-refractivity contribution in [1.29, 1.82) is 0 Å². The lowest BCUT2D eigenvalue weighted by molar-refractivity contribution is 0.00675. The quantitative estimate of drug-likeness (QED) is 0.242. The van der Waals surface area contributed by atoms with Crippen LogP contribution in [0, 0.1) is 5.92 Å². The Kier molecular flexibility index (Phi) is 11.3. The summed E-state index contributed by atoms with van der Waals surface area (Å²) in [5.74, 6) is -0.104. The van der Waals surface area contributed by atoms with Crippen LogP contribution in [-0.4, -0.2) is 52.5 Å². The van der Waals surface area contributed by atoms with Gasteiger partial charge in [-0.15, -0.1) is 0 Å². The van der Waals surface area contributed by atoms with Gasteiger partial charge in [-0.2, -0.15) is 0 Å². The Labute approximate surface area is 251 Å². The Balaban J connectivity index is 1.39. The zero-order valence-electron chi connectivity index (χ0n) is 25.0. The molecule has 2 aromatic rings. The highest BCUT2D eigenvalue weighted by atomic mass is 32.1. The predicted octanol–water partition coefficient (Wildman–Crippen LogP) is 6.68. The molecule has 2 fully saturated rings. The van der Waals surface area contributed by atoms with E-state index >= 15 is 0 Å². The maximum Gasteiger partial charge on any atom is 0.339 e. The van der Waals surface area contributed by atoms with Gasteiger partial charge in [0.1, 0.15) is 5.60 Å². The van der Waals surface area contributed by atoms with E-state index in [1.54, 1.807) is 24.3 Å². The molecular weight excluding hydrogens is 530 g/mol. The molecule has 222 valence electrons. The fourth-order valence-electron chi connectivity index (χ4n) is 5.95. The molecule has 0 radical (unpaired) electrons. The van der Waals surface area contributed by atoms with Gasteiger partial charge < -0.3 is 15.4 Å². The Bertz CT molecular complexity index is 1150. The highest BCUT2D eigenvalue weighted by Crippen LogP contribution is 2.28. The third-order valence-corrected chi connectivity index (χ3v) is 8.59. The molecule has 2 N–H and O–H groups in total. The second-order valence-corrected chi connectivity index (χ2v) is 13.1. The summed E-state index contributed by atoms with van der Waals surface area (Å²) < 4.78 is 5.58. The largest absolute Gasteiger partial charge is 0.456 e. The van der Waals surface area contributed by atoms with E-state index < -0.39 is 11.6 Å². The minimum Gasteiger partial charge on any atom is -0.456 e. The van der Waals surface area contributed by atoms with Crippen molar-refractivity contribution in [2.45, 2.75) is 103 Å². The van der Waals surface area contributed by atoms with Crippen molar-refractivity contribution in [2.75, 3.05) is 13.1 Å². The number of ether oxygens (including phenoxy) is 1. The number of amides is 1. The van der Waals surface area contributed by atoms with Gasteiger partial charge in [-0.05, 0) is 70.1 Å². The molecule has 2 aliphatic rings. The minimum absolute atomic E-state index is 0.274. The smallest absolute Gasteiger partial charge is 0.339 e. The standard InChI is InChI=1S/C34H47N3O3S/c1-34(2,3)40-33(39)29-17-11-10-16-28(29)31(38)36-30(19-18-25-12-6-4-7-13-25)32(41)35-27-20-22-37(23-21-27)24-26-14-8-5-9-15-26/h5,8-11,14-17,25,27,30H,4,6-7,12-13,18-24H2,1-3H3,(H,35,41)(H,36,38)/t30-/m1/s1. The lowest BCUT2D eigenvalue weighted by Gasteiger charge is -2.34. The summed E-state index contributed by atoms with van der Waals surface area (Å²) in [6.07, 6.45) is 10.3. The van der Waals surface area contributed by atoms with E-state index in [4.69, 9.17) is 17.0 Å². The molecule has 0 aromatic heterocycles. The minimum atomic E-state index is -0.647. The summed E-state index contributed by atoms with van der Waals surface area (Å²) in [5, 5.41) is 6.82. The molecule has 0 bridgehead atoms. The van der Waals surface area contributed by atoms with Gasteiger partial charge in [0, 0.05) is 25.7 Å². The zero-order valence-corrected chi connectivity index (χ0v) is 25.8. The van der Waals surface area contributed by atoms with Crippen molar-refractivity contribution < 1.29 is 14.3 Å². The summed E-state index contributed by atoms with van der Waals surface area (Å²) in [7, 11) is 0. The maximum absolute atomic E-state index is 13.6. The van der Waals surface area contributed by atoms with Crippen molar-refractivity contribution in [3.63, 3.8) is 0 Å². The van der Waals surface area contributed by atoms with Gasteiger partial charge >= 0.3 is 5.97 Å². The molecule has 1 saturated heterocycles. The molecule has 1 aliphatic carbocycles. The Morgan fingerprint density at radius 2 is 1.56 bits per heavy atom. The van der Waals surface area contributed by atoms with E-state index in [1.807, 2.05) is 20.8 Å². The van der Waals surface area contributed by atoms with E-state index in [0.717, 1.165) is 45.3 Å². The molecule has 1 aliphatic heterocycles. The average molecular weight is 578 g/mol. The van der Waals surface area contributed by atoms with Gasteiger partial charge in [-0.1, -0.05) is 86.8 Å². The third kappa shape index (κ3) is 9.93. The second kappa shape index (κ2) is 14.9. The summed E-state index contributed by atoms with van der Waals surface area (Å²) in [6.45, 7) is 8.46. The molecule has 4 rings (SSSR count). The predicted molar refractivity (Wildman–Crippen MR) is 169 cm³/mol. The number of nitrogens with one attached hydrogen (secondary N) is 2. The van der Waals surface area contributed by atoms with Crippen molar-refractivity contribution in [1.82, 2.24) is 15.5 Å². The Hall–Kier alpha value is -2.77. The maximum atomic E-state index is 13.6. The first kappa shape index (κ1) is 31.2. The molecular formula is C34H47N3O3S. The van der Waals surface area contributed by atoms with Crippen molar-refractivity contribution >= 4 is 29.1 Å². The molecule has 0 unspecified atom stereocenters. The fourth-order valence-corrected chi connectivity index (χ4v) is 6.30. The average Bonchev–Trinajstić information content (AvgIpc) is 2.96. The second-order valence-electron chi connectivity index (χ2n) is 12.7. The SMILES string of the molecule is CC(C)(C)OC(=O)c1ccccc1C(=O)N[C@H](CCC1CCCCC1)C(=S)NC1CCN(Cc2ccccc2)CC1. The molecule has 6 nitrogen and oxygen atoms in total. The summed E-state index contributed by atoms with van der Waals surface area (Å²) in [5.41, 5.74) is 1.29. The normalized spacial score (nSPS) is 17.9. The highest BCUT2D eigenvalue weighted by molar-refractivity contribution is 7.80. The van der Waals surface area contributed by atoms with Crippen LogP contribution in [0.2, 0.25) is 0 Å². The van der Waals surface area contributed by atoms with Crippen LogP contribution in [0.3, 0.4) is 0 Å². The van der Waals surface area contributed by atoms with E-state index in [-0.39, 0.29) is 23.6 Å². The number of carbonyl (C=O) groups excluding carboxylic acids is 2. The van der Waals surface area contributed by atoms with Crippen LogP contribution in [0.15, 0.2) is 54.6 Å². The lowest BCUT2D eigenvalue weighted by Crippen LogP contribution is -2.51. The number of thiocarbonyl (C=S) groups is 1. The third-order valence-electron chi connectivity index (χ3n) is 8.18. The van der Waals surface area contributed by atoms with E-state index in [1.165, 1.54) is 37.7 Å². The number of rotatable bonds is 10. The van der Waals surface area contributed by atoms with Crippen LogP contribution in [0.25, 0.3) is 0 Å². The van der Waals surface area contributed by atoms with Gasteiger partial charge in [0.25, 0.3) is 5.91 Å². The summed E-state index contributed by atoms with van der Waals surface area (Å²) in [4.78, 5) is 29.7. The highest BCUT2D eigenvalue weighted by Gasteiger charge is 2.28. The number of hydrogen-bond donors (Lipinski definition) is 2. The Morgan fingerprint density at radius 1 is 0.927 bits per heavy atom. The van der Waals surface area contributed by atoms with Crippen molar-refractivity contribution in [3.8, 4) is 0 Å². The molecule has 7 heteroatoms. The fraction of sp³-hybridized carbons (Fsp3) is 0.559. The van der Waals surface area contributed by atoms with Crippen molar-refractivity contribution in [2.24, 2.45) is 5.92 Å². The number of nitrogens with zero attached hydrogens (tertiary/aromatic N) is 1. The first-order chi connectivity index (χ1) is 19.7. The topological polar surface area (TPSA) is 70.7 Å². The monoisotopic (exact) mass is 577 g/mol. The van der Waals surface area contributed by atoms with Crippen LogP contribution in [0.1, 0.15) is 105 Å². The van der Waals surface area contributed by atoms with Crippen LogP contribution in [0.5, 0.6) is 0 Å². The number of benzene rings is 2. The number of piperidine rings is 1. The van der Waals surface area contributed by atoms with Gasteiger partial charge in [0.05, 0.1) is 22.2 Å². The molecule has 1 heterocycles. The van der Waals surface area contributed by atoms with Crippen LogP contribution >= 0.6 is 12.2 Å². The van der Waals surface area contributed by atoms with E-state index in [9.17, 15) is 9.59 Å². The molecule has 1 amide bonds. The van der Waals surface area contributed by atoms with Crippen LogP contribution in [0.4, 0.5) is 0 Å². The first-order valence-corrected chi connectivity index (χ1v) is 15.8. The van der Waals surface area contributed by atoms with Crippen LogP contribution in [-0.2, 0) is 11.3 Å². The molecule has 41 heavy (non-hydrogen) atoms. The number of likely N-dealkylation sites (tertiary alicyclic amines) is 1. The van der Waals surface area contributed by atoms with Crippen molar-refractivity contribution in [3.05, 3.63) is 71.3 Å². The first-order valence-electron chi connectivity index (χ1n) is 15.4. The number of esters is 1. The molecule has 0 spiro atoms. The van der Waals surface area contributed by atoms with E-state index in [0.29, 0.717) is 16.5 Å². The molecule has 2 aromatic carbocycles. The summed E-state index contributed by atoms with van der Waals surface area (Å²) in [6, 6.07) is 17.5. The number of carbonyl (C=O) groups is 2. The zero-order chi connectivity index (χ0) is 29.2.